The first-order valence-corrected chi connectivity index (χ1v) is 13.1. The molecule has 3 aromatic carbocycles. The summed E-state index contributed by atoms with van der Waals surface area (Å²) in [6, 6.07) is 19.0. The van der Waals surface area contributed by atoms with E-state index in [4.69, 9.17) is 4.74 Å². The highest BCUT2D eigenvalue weighted by Gasteiger charge is 2.28. The fraction of sp³-hybridized carbons (Fsp3) is 0.321. The number of carbonyl (C=O) groups excluding carboxylic acids is 1. The van der Waals surface area contributed by atoms with Gasteiger partial charge in [0.05, 0.1) is 23.7 Å². The van der Waals surface area contributed by atoms with Gasteiger partial charge in [-0.3, -0.25) is 9.10 Å². The zero-order valence-electron chi connectivity index (χ0n) is 21.2. The Labute approximate surface area is 209 Å². The summed E-state index contributed by atoms with van der Waals surface area (Å²) < 4.78 is 33.7. The van der Waals surface area contributed by atoms with Gasteiger partial charge in [-0.2, -0.15) is 0 Å². The Morgan fingerprint density at radius 3 is 2.14 bits per heavy atom. The van der Waals surface area contributed by atoms with Crippen LogP contribution in [-0.4, -0.2) is 28.0 Å². The minimum Gasteiger partial charge on any atom is -0.496 e. The molecule has 7 heteroatoms. The predicted molar refractivity (Wildman–Crippen MR) is 141 cm³/mol. The Morgan fingerprint density at radius 1 is 0.943 bits per heavy atom. The maximum atomic E-state index is 13.5. The first kappa shape index (κ1) is 26.3. The van der Waals surface area contributed by atoms with Crippen LogP contribution in [0.1, 0.15) is 55.0 Å². The number of ether oxygens (including phenoxy) is 1. The predicted octanol–water partition coefficient (Wildman–Crippen LogP) is 5.51. The Balaban J connectivity index is 1.90. The summed E-state index contributed by atoms with van der Waals surface area (Å²) in [5.41, 5.74) is 4.45. The fourth-order valence-electron chi connectivity index (χ4n) is 4.05. The van der Waals surface area contributed by atoms with Gasteiger partial charge in [0.1, 0.15) is 12.3 Å². The summed E-state index contributed by atoms with van der Waals surface area (Å²) in [6.07, 6.45) is 0. The van der Waals surface area contributed by atoms with E-state index in [1.165, 1.54) is 12.1 Å². The van der Waals surface area contributed by atoms with Crippen molar-refractivity contribution in [1.29, 1.82) is 0 Å². The van der Waals surface area contributed by atoms with Gasteiger partial charge in [0, 0.05) is 0 Å². The van der Waals surface area contributed by atoms with Crippen molar-refractivity contribution in [3.05, 3.63) is 89.0 Å². The van der Waals surface area contributed by atoms with Gasteiger partial charge in [-0.1, -0.05) is 49.7 Å². The lowest BCUT2D eigenvalue weighted by Gasteiger charge is -2.26. The quantitative estimate of drug-likeness (QED) is 0.426. The zero-order valence-corrected chi connectivity index (χ0v) is 22.0. The molecule has 1 atom stereocenters. The molecule has 0 radical (unpaired) electrons. The number of hydrogen-bond donors (Lipinski definition) is 1. The van der Waals surface area contributed by atoms with Crippen molar-refractivity contribution in [2.24, 2.45) is 0 Å². The van der Waals surface area contributed by atoms with E-state index in [2.05, 4.69) is 25.2 Å². The first-order chi connectivity index (χ1) is 16.5. The van der Waals surface area contributed by atoms with Crippen molar-refractivity contribution in [2.45, 2.75) is 51.5 Å². The van der Waals surface area contributed by atoms with E-state index in [1.54, 1.807) is 37.4 Å². The number of methoxy groups -OCH3 is 1. The molecule has 186 valence electrons. The molecular weight excluding hydrogens is 460 g/mol. The van der Waals surface area contributed by atoms with Crippen molar-refractivity contribution in [1.82, 2.24) is 5.32 Å². The first-order valence-electron chi connectivity index (χ1n) is 11.7. The van der Waals surface area contributed by atoms with Gasteiger partial charge in [-0.15, -0.1) is 0 Å². The number of sulfonamides is 1. The molecule has 0 aliphatic rings. The molecule has 1 amide bonds. The smallest absolute Gasteiger partial charge is 0.264 e. The highest BCUT2D eigenvalue weighted by Crippen LogP contribution is 2.32. The average molecular weight is 495 g/mol. The Bertz CT molecular complexity index is 1270. The minimum atomic E-state index is -3.94. The monoisotopic (exact) mass is 494 g/mol. The van der Waals surface area contributed by atoms with Gasteiger partial charge in [0.2, 0.25) is 5.91 Å². The lowest BCUT2D eigenvalue weighted by atomic mass is 9.93. The van der Waals surface area contributed by atoms with Gasteiger partial charge in [-0.05, 0) is 79.8 Å². The standard InChI is InChI=1S/C28H34N2O4S/c1-19(2)25-17-26(21(4)16-27(25)34-6)22(5)29-28(31)18-30(23-14-12-20(3)13-15-23)35(32,33)24-10-8-7-9-11-24/h7-17,19,22H,18H2,1-6H3,(H,29,31)/t22-/m0/s1. The largest absolute Gasteiger partial charge is 0.496 e. The zero-order chi connectivity index (χ0) is 25.8. The summed E-state index contributed by atoms with van der Waals surface area (Å²) >= 11 is 0. The fourth-order valence-corrected chi connectivity index (χ4v) is 5.49. The molecule has 0 spiro atoms. The number of carbonyl (C=O) groups is 1. The molecule has 0 aromatic heterocycles. The molecular formula is C28H34N2O4S. The number of amides is 1. The number of nitrogens with one attached hydrogen (secondary N) is 1. The van der Waals surface area contributed by atoms with Gasteiger partial charge >= 0.3 is 0 Å². The van der Waals surface area contributed by atoms with Crippen LogP contribution in [0.5, 0.6) is 5.75 Å². The van der Waals surface area contributed by atoms with E-state index >= 15 is 0 Å². The molecule has 0 heterocycles. The van der Waals surface area contributed by atoms with Crippen LogP contribution in [0.3, 0.4) is 0 Å². The molecule has 6 nitrogen and oxygen atoms in total. The number of hydrogen-bond acceptors (Lipinski definition) is 4. The molecule has 0 bridgehead atoms. The molecule has 0 fully saturated rings. The third kappa shape index (κ3) is 6.03. The number of benzene rings is 3. The highest BCUT2D eigenvalue weighted by atomic mass is 32.2. The normalized spacial score (nSPS) is 12.3. The van der Waals surface area contributed by atoms with Crippen LogP contribution in [0.2, 0.25) is 0 Å². The lowest BCUT2D eigenvalue weighted by Crippen LogP contribution is -2.41. The van der Waals surface area contributed by atoms with Crippen LogP contribution in [0, 0.1) is 13.8 Å². The highest BCUT2D eigenvalue weighted by molar-refractivity contribution is 7.92. The summed E-state index contributed by atoms with van der Waals surface area (Å²) in [5, 5.41) is 2.99. The van der Waals surface area contributed by atoms with E-state index in [0.717, 1.165) is 32.3 Å². The SMILES string of the molecule is COc1cc(C)c([C@H](C)NC(=O)CN(c2ccc(C)cc2)S(=O)(=O)c2ccccc2)cc1C(C)C. The van der Waals surface area contributed by atoms with Crippen LogP contribution in [0.25, 0.3) is 0 Å². The summed E-state index contributed by atoms with van der Waals surface area (Å²) in [5.74, 6) is 0.679. The van der Waals surface area contributed by atoms with E-state index in [0.29, 0.717) is 5.69 Å². The van der Waals surface area contributed by atoms with Gasteiger partial charge in [0.15, 0.2) is 0 Å². The minimum absolute atomic E-state index is 0.133. The maximum Gasteiger partial charge on any atom is 0.264 e. The van der Waals surface area contributed by atoms with E-state index in [9.17, 15) is 13.2 Å². The average Bonchev–Trinajstić information content (AvgIpc) is 2.83. The Kier molecular flexibility index (Phi) is 8.22. The topological polar surface area (TPSA) is 75.7 Å². The van der Waals surface area contributed by atoms with Crippen molar-refractivity contribution >= 4 is 21.6 Å². The van der Waals surface area contributed by atoms with E-state index < -0.39 is 10.0 Å². The van der Waals surface area contributed by atoms with Gasteiger partial charge in [0.25, 0.3) is 10.0 Å². The molecule has 0 saturated heterocycles. The third-order valence-electron chi connectivity index (χ3n) is 6.02. The molecule has 0 saturated carbocycles. The lowest BCUT2D eigenvalue weighted by molar-refractivity contribution is -0.120. The van der Waals surface area contributed by atoms with Crippen molar-refractivity contribution < 1.29 is 17.9 Å². The Hall–Kier alpha value is -3.32. The Morgan fingerprint density at radius 2 is 1.57 bits per heavy atom. The van der Waals surface area contributed by atoms with Crippen LogP contribution in [0.15, 0.2) is 71.6 Å². The number of nitrogens with zero attached hydrogens (tertiary/aromatic N) is 1. The van der Waals surface area contributed by atoms with Crippen molar-refractivity contribution in [3.8, 4) is 5.75 Å². The number of anilines is 1. The van der Waals surface area contributed by atoms with Crippen LogP contribution >= 0.6 is 0 Å². The molecule has 1 N–H and O–H groups in total. The number of aryl methyl sites for hydroxylation is 2. The van der Waals surface area contributed by atoms with E-state index in [-0.39, 0.29) is 29.3 Å². The second-order valence-electron chi connectivity index (χ2n) is 9.05. The summed E-state index contributed by atoms with van der Waals surface area (Å²) in [6.45, 7) is 9.65. The number of rotatable bonds is 9. The molecule has 35 heavy (non-hydrogen) atoms. The second kappa shape index (κ2) is 11.0. The van der Waals surface area contributed by atoms with Crippen LogP contribution in [-0.2, 0) is 14.8 Å². The van der Waals surface area contributed by atoms with Crippen LogP contribution in [0.4, 0.5) is 5.69 Å². The molecule has 3 rings (SSSR count). The van der Waals surface area contributed by atoms with Crippen LogP contribution < -0.4 is 14.4 Å². The van der Waals surface area contributed by atoms with E-state index in [1.807, 2.05) is 39.0 Å². The molecule has 0 aliphatic carbocycles. The molecule has 0 aliphatic heterocycles. The van der Waals surface area contributed by atoms with Crippen molar-refractivity contribution in [2.75, 3.05) is 18.0 Å². The third-order valence-corrected chi connectivity index (χ3v) is 7.81. The van der Waals surface area contributed by atoms with Crippen molar-refractivity contribution in [3.63, 3.8) is 0 Å². The molecule has 0 unspecified atom stereocenters. The maximum absolute atomic E-state index is 13.5. The van der Waals surface area contributed by atoms with Gasteiger partial charge in [-0.25, -0.2) is 8.42 Å². The molecule has 3 aromatic rings. The summed E-state index contributed by atoms with van der Waals surface area (Å²) in [7, 11) is -2.29. The second-order valence-corrected chi connectivity index (χ2v) is 10.9. The van der Waals surface area contributed by atoms with Gasteiger partial charge < -0.3 is 10.1 Å². The summed E-state index contributed by atoms with van der Waals surface area (Å²) in [4.78, 5) is 13.3.